The lowest BCUT2D eigenvalue weighted by molar-refractivity contribution is -0.231. The fraction of sp³-hybridized carbons (Fsp3) is 0.308. The summed E-state index contributed by atoms with van der Waals surface area (Å²) in [6.07, 6.45) is -5.26. The SMILES string of the molecule is COc1ccc2sc(Cc3cc([C@@H]4O[C@H](CO)[C@@H](O)[C@H](O)[C@H]4O)c4ccccc4c3)cc2c1. The molecule has 4 aromatic rings. The van der Waals surface area contributed by atoms with Gasteiger partial charge >= 0.3 is 0 Å². The minimum atomic E-state index is -1.42. The number of ether oxygens (including phenoxy) is 2. The molecule has 7 heteroatoms. The van der Waals surface area contributed by atoms with Crippen molar-refractivity contribution in [2.24, 2.45) is 0 Å². The molecule has 1 saturated heterocycles. The summed E-state index contributed by atoms with van der Waals surface area (Å²) in [4.78, 5) is 1.19. The number of aliphatic hydroxyl groups is 4. The largest absolute Gasteiger partial charge is 0.497 e. The van der Waals surface area contributed by atoms with Crippen molar-refractivity contribution in [3.8, 4) is 5.75 Å². The number of methoxy groups -OCH3 is 1. The summed E-state index contributed by atoms with van der Waals surface area (Å²) in [6, 6.07) is 20.1. The van der Waals surface area contributed by atoms with Crippen LogP contribution in [0.25, 0.3) is 20.9 Å². The van der Waals surface area contributed by atoms with E-state index in [0.717, 1.165) is 33.0 Å². The summed E-state index contributed by atoms with van der Waals surface area (Å²) < 4.78 is 12.4. The van der Waals surface area contributed by atoms with Gasteiger partial charge in [-0.2, -0.15) is 0 Å². The monoisotopic (exact) mass is 466 g/mol. The van der Waals surface area contributed by atoms with E-state index in [0.29, 0.717) is 6.42 Å². The van der Waals surface area contributed by atoms with Gasteiger partial charge in [-0.05, 0) is 51.6 Å². The molecule has 3 aromatic carbocycles. The summed E-state index contributed by atoms with van der Waals surface area (Å²) >= 11 is 1.72. The third-order valence-electron chi connectivity index (χ3n) is 6.31. The molecule has 1 fully saturated rings. The second-order valence-electron chi connectivity index (χ2n) is 8.45. The molecule has 0 bridgehead atoms. The molecule has 4 N–H and O–H groups in total. The lowest BCUT2D eigenvalue weighted by Gasteiger charge is -2.40. The average molecular weight is 467 g/mol. The van der Waals surface area contributed by atoms with Crippen LogP contribution in [0.3, 0.4) is 0 Å². The highest BCUT2D eigenvalue weighted by Crippen LogP contribution is 2.38. The Bertz CT molecular complexity index is 1280. The summed E-state index contributed by atoms with van der Waals surface area (Å²) in [5, 5.41) is 43.9. The van der Waals surface area contributed by atoms with Crippen LogP contribution < -0.4 is 4.74 Å². The standard InChI is InChI=1S/C26H26O6S/c1-31-17-6-7-22-16(11-17)12-18(33-22)9-14-8-15-4-2-3-5-19(15)20(10-14)26-25(30)24(29)23(28)21(13-27)32-26/h2-8,10-12,21,23-30H,9,13H2,1H3/t21-,23-,24+,25-,26+/m1/s1. The highest BCUT2D eigenvalue weighted by atomic mass is 32.1. The molecule has 0 unspecified atom stereocenters. The molecular formula is C26H26O6S. The van der Waals surface area contributed by atoms with E-state index in [2.05, 4.69) is 18.2 Å². The summed E-state index contributed by atoms with van der Waals surface area (Å²) in [6.45, 7) is -0.454. The third kappa shape index (κ3) is 4.12. The van der Waals surface area contributed by atoms with Crippen molar-refractivity contribution in [1.29, 1.82) is 0 Å². The van der Waals surface area contributed by atoms with Crippen molar-refractivity contribution in [2.75, 3.05) is 13.7 Å². The van der Waals surface area contributed by atoms with Gasteiger partial charge < -0.3 is 29.9 Å². The molecule has 0 spiro atoms. The van der Waals surface area contributed by atoms with Crippen LogP contribution >= 0.6 is 11.3 Å². The maximum absolute atomic E-state index is 10.7. The van der Waals surface area contributed by atoms with E-state index in [1.165, 1.54) is 9.58 Å². The van der Waals surface area contributed by atoms with E-state index in [1.807, 2.05) is 42.5 Å². The lowest BCUT2D eigenvalue weighted by Crippen LogP contribution is -2.55. The van der Waals surface area contributed by atoms with Gasteiger partial charge in [0.15, 0.2) is 0 Å². The average Bonchev–Trinajstić information content (AvgIpc) is 3.23. The number of hydrogen-bond acceptors (Lipinski definition) is 7. The Morgan fingerprint density at radius 2 is 1.73 bits per heavy atom. The molecule has 5 rings (SSSR count). The number of aliphatic hydroxyl groups excluding tert-OH is 4. The fourth-order valence-electron chi connectivity index (χ4n) is 4.59. The van der Waals surface area contributed by atoms with E-state index in [-0.39, 0.29) is 0 Å². The highest BCUT2D eigenvalue weighted by Gasteiger charge is 2.44. The summed E-state index contributed by atoms with van der Waals surface area (Å²) in [7, 11) is 1.66. The molecular weight excluding hydrogens is 440 g/mol. The van der Waals surface area contributed by atoms with Gasteiger partial charge in [0, 0.05) is 16.0 Å². The Balaban J connectivity index is 1.55. The van der Waals surface area contributed by atoms with Gasteiger partial charge in [-0.25, -0.2) is 0 Å². The first-order valence-electron chi connectivity index (χ1n) is 10.9. The number of fused-ring (bicyclic) bond motifs is 2. The van der Waals surface area contributed by atoms with Gasteiger partial charge in [-0.1, -0.05) is 36.4 Å². The summed E-state index contributed by atoms with van der Waals surface area (Å²) in [5.74, 6) is 0.822. The van der Waals surface area contributed by atoms with Gasteiger partial charge in [-0.15, -0.1) is 11.3 Å². The maximum Gasteiger partial charge on any atom is 0.119 e. The molecule has 172 valence electrons. The number of rotatable bonds is 5. The molecule has 5 atom stereocenters. The zero-order valence-corrected chi connectivity index (χ0v) is 18.9. The second-order valence-corrected chi connectivity index (χ2v) is 9.62. The molecule has 33 heavy (non-hydrogen) atoms. The third-order valence-corrected chi connectivity index (χ3v) is 7.42. The lowest BCUT2D eigenvalue weighted by atomic mass is 9.87. The van der Waals surface area contributed by atoms with Crippen LogP contribution in [0, 0.1) is 0 Å². The van der Waals surface area contributed by atoms with Crippen LogP contribution in [-0.4, -0.2) is 58.6 Å². The van der Waals surface area contributed by atoms with E-state index in [4.69, 9.17) is 9.47 Å². The number of benzene rings is 3. The molecule has 1 aliphatic rings. The van der Waals surface area contributed by atoms with Crippen LogP contribution in [0.2, 0.25) is 0 Å². The first kappa shape index (κ1) is 22.3. The summed E-state index contributed by atoms with van der Waals surface area (Å²) in [5.41, 5.74) is 1.77. The van der Waals surface area contributed by atoms with Crippen LogP contribution in [-0.2, 0) is 11.2 Å². The maximum atomic E-state index is 10.7. The van der Waals surface area contributed by atoms with Crippen molar-refractivity contribution in [3.63, 3.8) is 0 Å². The van der Waals surface area contributed by atoms with Crippen molar-refractivity contribution < 1.29 is 29.9 Å². The Hall–Kier alpha value is -2.52. The van der Waals surface area contributed by atoms with Gasteiger partial charge in [0.05, 0.1) is 13.7 Å². The molecule has 0 amide bonds. The highest BCUT2D eigenvalue weighted by molar-refractivity contribution is 7.19. The quantitative estimate of drug-likeness (QED) is 0.361. The Labute approximate surface area is 195 Å². The van der Waals surface area contributed by atoms with E-state index in [1.54, 1.807) is 18.4 Å². The minimum Gasteiger partial charge on any atom is -0.497 e. The van der Waals surface area contributed by atoms with Gasteiger partial charge in [0.1, 0.15) is 36.3 Å². The first-order valence-corrected chi connectivity index (χ1v) is 11.7. The van der Waals surface area contributed by atoms with Crippen LogP contribution in [0.5, 0.6) is 5.75 Å². The van der Waals surface area contributed by atoms with E-state index in [9.17, 15) is 20.4 Å². The normalized spacial score (nSPS) is 25.5. The Kier molecular flexibility index (Phi) is 6.09. The van der Waals surface area contributed by atoms with Gasteiger partial charge in [0.25, 0.3) is 0 Å². The molecule has 2 heterocycles. The molecule has 0 saturated carbocycles. The molecule has 0 aliphatic carbocycles. The minimum absolute atomic E-state index is 0.454. The van der Waals surface area contributed by atoms with Crippen molar-refractivity contribution in [1.82, 2.24) is 0 Å². The predicted octanol–water partition coefficient (Wildman–Crippen LogP) is 3.17. The van der Waals surface area contributed by atoms with Crippen molar-refractivity contribution >= 4 is 32.2 Å². The smallest absolute Gasteiger partial charge is 0.119 e. The van der Waals surface area contributed by atoms with E-state index < -0.39 is 37.1 Å². The zero-order chi connectivity index (χ0) is 23.1. The Morgan fingerprint density at radius 3 is 2.52 bits per heavy atom. The van der Waals surface area contributed by atoms with Crippen LogP contribution in [0.15, 0.2) is 60.7 Å². The zero-order valence-electron chi connectivity index (χ0n) is 18.1. The fourth-order valence-corrected chi connectivity index (χ4v) is 5.67. The molecule has 1 aromatic heterocycles. The molecule has 0 radical (unpaired) electrons. The number of thiophene rings is 1. The Morgan fingerprint density at radius 1 is 0.909 bits per heavy atom. The van der Waals surface area contributed by atoms with Gasteiger partial charge in [-0.3, -0.25) is 0 Å². The molecule has 1 aliphatic heterocycles. The topological polar surface area (TPSA) is 99.4 Å². The van der Waals surface area contributed by atoms with Gasteiger partial charge in [0.2, 0.25) is 0 Å². The predicted molar refractivity (Wildman–Crippen MR) is 128 cm³/mol. The van der Waals surface area contributed by atoms with E-state index >= 15 is 0 Å². The second kappa shape index (κ2) is 9.02. The molecule has 6 nitrogen and oxygen atoms in total. The number of hydrogen-bond donors (Lipinski definition) is 4. The van der Waals surface area contributed by atoms with Crippen LogP contribution in [0.1, 0.15) is 22.1 Å². The van der Waals surface area contributed by atoms with Crippen molar-refractivity contribution in [2.45, 2.75) is 36.9 Å². The first-order chi connectivity index (χ1) is 16.0. The van der Waals surface area contributed by atoms with Crippen molar-refractivity contribution in [3.05, 3.63) is 76.7 Å². The van der Waals surface area contributed by atoms with Crippen LogP contribution in [0.4, 0.5) is 0 Å².